The van der Waals surface area contributed by atoms with Crippen molar-refractivity contribution in [2.45, 2.75) is 38.1 Å². The normalized spacial score (nSPS) is 16.5. The molecule has 0 radical (unpaired) electrons. The van der Waals surface area contributed by atoms with Gasteiger partial charge in [0.25, 0.3) is 0 Å². The Morgan fingerprint density at radius 3 is 2.72 bits per heavy atom. The minimum absolute atomic E-state index is 0.124. The highest BCUT2D eigenvalue weighted by molar-refractivity contribution is 5.78. The lowest BCUT2D eigenvalue weighted by molar-refractivity contribution is -0.122. The van der Waals surface area contributed by atoms with Gasteiger partial charge in [-0.15, -0.1) is 0 Å². The van der Waals surface area contributed by atoms with Gasteiger partial charge >= 0.3 is 0 Å². The predicted molar refractivity (Wildman–Crippen MR) is 103 cm³/mol. The molecule has 2 aromatic rings. The first-order valence-corrected chi connectivity index (χ1v) is 9.32. The molecule has 132 valence electrons. The van der Waals surface area contributed by atoms with Crippen LogP contribution in [0.3, 0.4) is 0 Å². The zero-order chi connectivity index (χ0) is 17.5. The van der Waals surface area contributed by atoms with Gasteiger partial charge in [-0.2, -0.15) is 0 Å². The fourth-order valence-corrected chi connectivity index (χ4v) is 3.74. The highest BCUT2D eigenvalue weighted by Crippen LogP contribution is 2.33. The van der Waals surface area contributed by atoms with Crippen molar-refractivity contribution in [3.8, 4) is 0 Å². The molecule has 0 saturated heterocycles. The van der Waals surface area contributed by atoms with Crippen LogP contribution in [-0.2, 0) is 17.6 Å². The monoisotopic (exact) mass is 336 g/mol. The molecule has 1 amide bonds. The van der Waals surface area contributed by atoms with Crippen LogP contribution in [0, 0.1) is 0 Å². The minimum atomic E-state index is 0.124. The number of amides is 1. The molecule has 0 unspecified atom stereocenters. The quantitative estimate of drug-likeness (QED) is 0.781. The molecule has 3 rings (SSSR count). The van der Waals surface area contributed by atoms with E-state index in [0.717, 1.165) is 32.2 Å². The second-order valence-corrected chi connectivity index (χ2v) is 6.96. The van der Waals surface area contributed by atoms with E-state index in [1.807, 2.05) is 6.07 Å². The molecule has 0 bridgehead atoms. The number of nitrogens with one attached hydrogen (secondary N) is 1. The largest absolute Gasteiger partial charge is 0.355 e. The molecule has 0 heterocycles. The van der Waals surface area contributed by atoms with Crippen LogP contribution in [0.25, 0.3) is 0 Å². The van der Waals surface area contributed by atoms with Crippen molar-refractivity contribution in [1.82, 2.24) is 10.2 Å². The zero-order valence-electron chi connectivity index (χ0n) is 15.1. The standard InChI is InChI=1S/C22H28N2O/c1-24(21-15-7-13-19-12-5-6-14-20(19)21)17-22(25)23-16-8-11-18-9-3-2-4-10-18/h2-6,9-10,12,14,21H,7-8,11,13,15-17H2,1H3,(H,23,25)/t21-/m0/s1. The van der Waals surface area contributed by atoms with E-state index in [4.69, 9.17) is 0 Å². The van der Waals surface area contributed by atoms with Crippen molar-refractivity contribution in [2.24, 2.45) is 0 Å². The van der Waals surface area contributed by atoms with E-state index in [9.17, 15) is 4.79 Å². The second kappa shape index (κ2) is 8.82. The molecule has 2 aromatic carbocycles. The number of carbonyl (C=O) groups is 1. The topological polar surface area (TPSA) is 32.3 Å². The molecule has 1 aliphatic carbocycles. The Bertz CT molecular complexity index is 683. The maximum absolute atomic E-state index is 12.3. The molecular formula is C22H28N2O. The van der Waals surface area contributed by atoms with Crippen LogP contribution < -0.4 is 5.32 Å². The van der Waals surface area contributed by atoms with Crippen LogP contribution in [0.15, 0.2) is 54.6 Å². The molecular weight excluding hydrogens is 308 g/mol. The van der Waals surface area contributed by atoms with Gasteiger partial charge in [0.2, 0.25) is 5.91 Å². The summed E-state index contributed by atoms with van der Waals surface area (Å²) < 4.78 is 0. The number of likely N-dealkylation sites (N-methyl/N-ethyl adjacent to an activating group) is 1. The summed E-state index contributed by atoms with van der Waals surface area (Å²) in [4.78, 5) is 14.5. The molecule has 1 N–H and O–H groups in total. The van der Waals surface area contributed by atoms with Gasteiger partial charge in [0.1, 0.15) is 0 Å². The third-order valence-electron chi connectivity index (χ3n) is 5.07. The third kappa shape index (κ3) is 4.93. The Morgan fingerprint density at radius 2 is 1.88 bits per heavy atom. The molecule has 0 fully saturated rings. The summed E-state index contributed by atoms with van der Waals surface area (Å²) in [5, 5.41) is 3.07. The number of benzene rings is 2. The summed E-state index contributed by atoms with van der Waals surface area (Å²) in [5.74, 6) is 0.124. The Labute approximate surface area is 151 Å². The number of fused-ring (bicyclic) bond motifs is 1. The fraction of sp³-hybridized carbons (Fsp3) is 0.409. The van der Waals surface area contributed by atoms with E-state index in [1.165, 1.54) is 23.1 Å². The third-order valence-corrected chi connectivity index (χ3v) is 5.07. The smallest absolute Gasteiger partial charge is 0.234 e. The van der Waals surface area contributed by atoms with Crippen molar-refractivity contribution < 1.29 is 4.79 Å². The summed E-state index contributed by atoms with van der Waals surface area (Å²) in [6.07, 6.45) is 5.48. The molecule has 0 aliphatic heterocycles. The average molecular weight is 336 g/mol. The van der Waals surface area contributed by atoms with Gasteiger partial charge in [0, 0.05) is 12.6 Å². The maximum Gasteiger partial charge on any atom is 0.234 e. The van der Waals surface area contributed by atoms with Crippen molar-refractivity contribution in [3.05, 3.63) is 71.3 Å². The summed E-state index contributed by atoms with van der Waals surface area (Å²) in [5.41, 5.74) is 4.16. The summed E-state index contributed by atoms with van der Waals surface area (Å²) in [6, 6.07) is 19.4. The SMILES string of the molecule is CN(CC(=O)NCCCc1ccccc1)[C@H]1CCCc2ccccc21. The van der Waals surface area contributed by atoms with E-state index in [-0.39, 0.29) is 5.91 Å². The Kier molecular flexibility index (Phi) is 6.24. The average Bonchev–Trinajstić information content (AvgIpc) is 2.65. The Balaban J connectivity index is 1.44. The molecule has 0 saturated carbocycles. The van der Waals surface area contributed by atoms with Gasteiger partial charge in [0.15, 0.2) is 0 Å². The van der Waals surface area contributed by atoms with Gasteiger partial charge in [-0.05, 0) is 55.8 Å². The van der Waals surface area contributed by atoms with Gasteiger partial charge in [-0.3, -0.25) is 9.69 Å². The number of nitrogens with zero attached hydrogens (tertiary/aromatic N) is 1. The summed E-state index contributed by atoms with van der Waals surface area (Å²) >= 11 is 0. The van der Waals surface area contributed by atoms with E-state index < -0.39 is 0 Å². The lowest BCUT2D eigenvalue weighted by atomic mass is 9.87. The molecule has 3 heteroatoms. The molecule has 0 aromatic heterocycles. The lowest BCUT2D eigenvalue weighted by Crippen LogP contribution is -2.38. The molecule has 1 atom stereocenters. The van der Waals surface area contributed by atoms with Gasteiger partial charge < -0.3 is 5.32 Å². The summed E-state index contributed by atoms with van der Waals surface area (Å²) in [7, 11) is 2.07. The van der Waals surface area contributed by atoms with Crippen LogP contribution >= 0.6 is 0 Å². The molecule has 25 heavy (non-hydrogen) atoms. The van der Waals surface area contributed by atoms with Gasteiger partial charge in [0.05, 0.1) is 6.54 Å². The van der Waals surface area contributed by atoms with E-state index >= 15 is 0 Å². The van der Waals surface area contributed by atoms with Crippen LogP contribution in [0.5, 0.6) is 0 Å². The fourth-order valence-electron chi connectivity index (χ4n) is 3.74. The number of rotatable bonds is 7. The van der Waals surface area contributed by atoms with E-state index in [1.54, 1.807) is 0 Å². The first kappa shape index (κ1) is 17.7. The zero-order valence-corrected chi connectivity index (χ0v) is 15.1. The van der Waals surface area contributed by atoms with E-state index in [2.05, 4.69) is 65.8 Å². The Morgan fingerprint density at radius 1 is 1.12 bits per heavy atom. The lowest BCUT2D eigenvalue weighted by Gasteiger charge is -2.32. The van der Waals surface area contributed by atoms with E-state index in [0.29, 0.717) is 12.6 Å². The molecule has 3 nitrogen and oxygen atoms in total. The van der Waals surface area contributed by atoms with Crippen molar-refractivity contribution in [3.63, 3.8) is 0 Å². The first-order chi connectivity index (χ1) is 12.2. The first-order valence-electron chi connectivity index (χ1n) is 9.32. The predicted octanol–water partition coefficient (Wildman–Crippen LogP) is 3.74. The van der Waals surface area contributed by atoms with Crippen molar-refractivity contribution in [1.29, 1.82) is 0 Å². The Hall–Kier alpha value is -2.13. The van der Waals surface area contributed by atoms with Crippen LogP contribution in [0.4, 0.5) is 0 Å². The minimum Gasteiger partial charge on any atom is -0.355 e. The number of carbonyl (C=O) groups excluding carboxylic acids is 1. The number of aryl methyl sites for hydroxylation is 2. The van der Waals surface area contributed by atoms with Crippen LogP contribution in [0.2, 0.25) is 0 Å². The number of hydrogen-bond donors (Lipinski definition) is 1. The summed E-state index contributed by atoms with van der Waals surface area (Å²) in [6.45, 7) is 1.20. The molecule has 1 aliphatic rings. The highest BCUT2D eigenvalue weighted by atomic mass is 16.2. The van der Waals surface area contributed by atoms with Crippen LogP contribution in [-0.4, -0.2) is 30.9 Å². The maximum atomic E-state index is 12.3. The van der Waals surface area contributed by atoms with Crippen molar-refractivity contribution in [2.75, 3.05) is 20.1 Å². The number of hydrogen-bond acceptors (Lipinski definition) is 2. The van der Waals surface area contributed by atoms with Gasteiger partial charge in [-0.25, -0.2) is 0 Å². The van der Waals surface area contributed by atoms with Crippen LogP contribution in [0.1, 0.15) is 42.0 Å². The van der Waals surface area contributed by atoms with Crippen molar-refractivity contribution >= 4 is 5.91 Å². The highest BCUT2D eigenvalue weighted by Gasteiger charge is 2.24. The van der Waals surface area contributed by atoms with Gasteiger partial charge in [-0.1, -0.05) is 54.6 Å². The molecule has 0 spiro atoms. The second-order valence-electron chi connectivity index (χ2n) is 6.96.